The number of unbranched alkanes of at least 4 members (excludes halogenated alkanes) is 51. The number of esters is 1. The Hall–Kier alpha value is -1.40. The summed E-state index contributed by atoms with van der Waals surface area (Å²) in [6.07, 6.45) is 78.4. The Morgan fingerprint density at radius 2 is 0.635 bits per heavy atom. The summed E-state index contributed by atoms with van der Waals surface area (Å²) >= 11 is 0. The predicted molar refractivity (Wildman–Crippen MR) is 324 cm³/mol. The largest absolute Gasteiger partial charge is 0.466 e. The van der Waals surface area contributed by atoms with E-state index in [2.05, 4.69) is 31.3 Å². The molecule has 0 radical (unpaired) electrons. The molecule has 0 fully saturated rings. The van der Waals surface area contributed by atoms with E-state index >= 15 is 0 Å². The molecule has 0 rings (SSSR count). The van der Waals surface area contributed by atoms with Crippen LogP contribution < -0.4 is 5.32 Å². The number of carbonyl (C=O) groups excluding carboxylic acids is 2. The van der Waals surface area contributed by atoms with Crippen LogP contribution in [0.5, 0.6) is 0 Å². The van der Waals surface area contributed by atoms with E-state index in [9.17, 15) is 19.8 Å². The van der Waals surface area contributed by atoms with Crippen molar-refractivity contribution in [3.8, 4) is 0 Å². The minimum absolute atomic E-state index is 0.0134. The molecule has 0 aliphatic rings. The lowest BCUT2D eigenvalue weighted by Gasteiger charge is -2.22. The number of nitrogens with one attached hydrogen (secondary N) is 1. The number of allylic oxidation sites excluding steroid dienone is 2. The molecule has 74 heavy (non-hydrogen) atoms. The summed E-state index contributed by atoms with van der Waals surface area (Å²) in [5.74, 6) is -0.0163. The van der Waals surface area contributed by atoms with Crippen LogP contribution >= 0.6 is 0 Å². The fraction of sp³-hybridized carbons (Fsp3) is 0.941. The summed E-state index contributed by atoms with van der Waals surface area (Å²) in [5, 5.41) is 23.2. The normalized spacial score (nSPS) is 12.5. The molecule has 0 aliphatic carbocycles. The van der Waals surface area contributed by atoms with Crippen molar-refractivity contribution in [2.24, 2.45) is 0 Å². The first kappa shape index (κ1) is 72.6. The van der Waals surface area contributed by atoms with E-state index in [1.165, 1.54) is 308 Å². The van der Waals surface area contributed by atoms with Crippen LogP contribution in [0.4, 0.5) is 0 Å². The highest BCUT2D eigenvalue weighted by molar-refractivity contribution is 5.76. The monoisotopic (exact) mass is 1040 g/mol. The molecule has 2 unspecified atom stereocenters. The van der Waals surface area contributed by atoms with Gasteiger partial charge in [0.2, 0.25) is 5.91 Å². The van der Waals surface area contributed by atoms with Crippen molar-refractivity contribution in [1.29, 1.82) is 0 Å². The molecular formula is C68H133NO5. The molecule has 0 heterocycles. The van der Waals surface area contributed by atoms with E-state index in [4.69, 9.17) is 4.74 Å². The third-order valence-corrected chi connectivity index (χ3v) is 16.1. The quantitative estimate of drug-likeness (QED) is 0.0320. The molecule has 0 aromatic carbocycles. The Balaban J connectivity index is 3.29. The number of ether oxygens (including phenoxy) is 1. The molecule has 0 aromatic rings. The highest BCUT2D eigenvalue weighted by atomic mass is 16.5. The van der Waals surface area contributed by atoms with Crippen LogP contribution in [0.25, 0.3) is 0 Å². The third-order valence-electron chi connectivity index (χ3n) is 16.1. The molecule has 0 spiro atoms. The van der Waals surface area contributed by atoms with Gasteiger partial charge >= 0.3 is 5.97 Å². The van der Waals surface area contributed by atoms with Crippen LogP contribution in [0.1, 0.15) is 386 Å². The summed E-state index contributed by atoms with van der Waals surface area (Å²) in [4.78, 5) is 24.5. The van der Waals surface area contributed by atoms with Gasteiger partial charge in [-0.2, -0.15) is 0 Å². The van der Waals surface area contributed by atoms with Gasteiger partial charge in [0, 0.05) is 12.8 Å². The first-order chi connectivity index (χ1) is 36.5. The Morgan fingerprint density at radius 3 is 0.959 bits per heavy atom. The summed E-state index contributed by atoms with van der Waals surface area (Å²) in [7, 11) is 0. The minimum Gasteiger partial charge on any atom is -0.466 e. The molecule has 0 bridgehead atoms. The van der Waals surface area contributed by atoms with Crippen LogP contribution in [0.2, 0.25) is 0 Å². The van der Waals surface area contributed by atoms with Crippen molar-refractivity contribution >= 4 is 11.9 Å². The molecule has 6 nitrogen and oxygen atoms in total. The van der Waals surface area contributed by atoms with E-state index < -0.39 is 12.1 Å². The molecular weight excluding hydrogens is 911 g/mol. The molecule has 0 saturated heterocycles. The SMILES string of the molecule is CCCCCCCC/C=C\CCCCCCCC(=O)OCCCCCCCCCCCCCCCCCCCCCCCCCCCCCCCCCC(=O)NC(CO)C(O)CCCCCCCCCCCCC. The first-order valence-electron chi connectivity index (χ1n) is 33.9. The molecule has 3 N–H and O–H groups in total. The third kappa shape index (κ3) is 59.8. The molecule has 440 valence electrons. The second-order valence-corrected chi connectivity index (χ2v) is 23.5. The van der Waals surface area contributed by atoms with Crippen molar-refractivity contribution in [3.05, 3.63) is 12.2 Å². The van der Waals surface area contributed by atoms with Gasteiger partial charge in [0.15, 0.2) is 0 Å². The predicted octanol–water partition coefficient (Wildman–Crippen LogP) is 21.6. The zero-order chi connectivity index (χ0) is 53.6. The number of hydrogen-bond acceptors (Lipinski definition) is 5. The van der Waals surface area contributed by atoms with Gasteiger partial charge in [-0.05, 0) is 51.4 Å². The average Bonchev–Trinajstić information content (AvgIpc) is 3.40. The van der Waals surface area contributed by atoms with Crippen LogP contribution in [-0.4, -0.2) is 47.4 Å². The van der Waals surface area contributed by atoms with Gasteiger partial charge in [0.25, 0.3) is 0 Å². The molecule has 2 atom stereocenters. The molecule has 6 heteroatoms. The molecule has 0 saturated carbocycles. The van der Waals surface area contributed by atoms with Gasteiger partial charge in [-0.25, -0.2) is 0 Å². The number of aliphatic hydroxyl groups excluding tert-OH is 2. The van der Waals surface area contributed by atoms with Crippen molar-refractivity contribution in [3.63, 3.8) is 0 Å². The van der Waals surface area contributed by atoms with Crippen LogP contribution in [-0.2, 0) is 14.3 Å². The minimum atomic E-state index is -0.659. The lowest BCUT2D eigenvalue weighted by Crippen LogP contribution is -2.45. The van der Waals surface area contributed by atoms with E-state index in [1.54, 1.807) is 0 Å². The zero-order valence-corrected chi connectivity index (χ0v) is 50.4. The lowest BCUT2D eigenvalue weighted by molar-refractivity contribution is -0.143. The van der Waals surface area contributed by atoms with Crippen molar-refractivity contribution in [2.75, 3.05) is 13.2 Å². The highest BCUT2D eigenvalue weighted by Crippen LogP contribution is 2.19. The Kier molecular flexibility index (Phi) is 62.9. The second kappa shape index (κ2) is 64.1. The van der Waals surface area contributed by atoms with Gasteiger partial charge in [-0.1, -0.05) is 334 Å². The number of carbonyl (C=O) groups is 2. The average molecular weight is 1040 g/mol. The van der Waals surface area contributed by atoms with E-state index in [0.717, 1.165) is 44.9 Å². The standard InChI is InChI=1S/C68H133NO5/c1-3-5-7-9-11-13-15-16-34-38-42-46-50-54-58-62-68(73)74-63-59-55-51-47-43-39-36-33-31-29-27-25-23-21-19-17-18-20-22-24-26-28-30-32-35-37-41-45-49-53-57-61-67(72)69-65(64-70)66(71)60-56-52-48-44-40-14-12-10-8-6-4-2/h16,34,65-66,70-71H,3-15,17-33,35-64H2,1-2H3,(H,69,72)/b34-16-. The number of hydrogen-bond donors (Lipinski definition) is 3. The van der Waals surface area contributed by atoms with E-state index in [0.29, 0.717) is 25.9 Å². The maximum atomic E-state index is 12.5. The molecule has 0 aromatic heterocycles. The van der Waals surface area contributed by atoms with Crippen molar-refractivity contribution in [1.82, 2.24) is 5.32 Å². The smallest absolute Gasteiger partial charge is 0.305 e. The topological polar surface area (TPSA) is 95.9 Å². The number of rotatable bonds is 64. The van der Waals surface area contributed by atoms with E-state index in [1.807, 2.05) is 0 Å². The molecule has 0 aliphatic heterocycles. The highest BCUT2D eigenvalue weighted by Gasteiger charge is 2.20. The van der Waals surface area contributed by atoms with Gasteiger partial charge in [0.1, 0.15) is 0 Å². The fourth-order valence-corrected chi connectivity index (χ4v) is 10.9. The summed E-state index contributed by atoms with van der Waals surface area (Å²) in [6, 6.07) is -0.536. The summed E-state index contributed by atoms with van der Waals surface area (Å²) < 4.78 is 5.49. The van der Waals surface area contributed by atoms with Crippen LogP contribution in [0.3, 0.4) is 0 Å². The summed E-state index contributed by atoms with van der Waals surface area (Å²) in [6.45, 7) is 4.97. The maximum absolute atomic E-state index is 12.5. The van der Waals surface area contributed by atoms with Gasteiger partial charge in [-0.15, -0.1) is 0 Å². The molecule has 1 amide bonds. The van der Waals surface area contributed by atoms with Crippen molar-refractivity contribution in [2.45, 2.75) is 398 Å². The second-order valence-electron chi connectivity index (χ2n) is 23.5. The Labute approximate surface area is 463 Å². The Morgan fingerprint density at radius 1 is 0.365 bits per heavy atom. The maximum Gasteiger partial charge on any atom is 0.305 e. The fourth-order valence-electron chi connectivity index (χ4n) is 10.9. The van der Waals surface area contributed by atoms with Gasteiger partial charge < -0.3 is 20.3 Å². The first-order valence-corrected chi connectivity index (χ1v) is 33.9. The lowest BCUT2D eigenvalue weighted by atomic mass is 10.0. The zero-order valence-electron chi connectivity index (χ0n) is 50.4. The number of amides is 1. The summed E-state index contributed by atoms with van der Waals surface area (Å²) in [5.41, 5.74) is 0. The number of aliphatic hydroxyl groups is 2. The van der Waals surface area contributed by atoms with Crippen LogP contribution in [0, 0.1) is 0 Å². The Bertz CT molecular complexity index is 1110. The van der Waals surface area contributed by atoms with Crippen LogP contribution in [0.15, 0.2) is 12.2 Å². The van der Waals surface area contributed by atoms with Gasteiger partial charge in [-0.3, -0.25) is 9.59 Å². The van der Waals surface area contributed by atoms with E-state index in [-0.39, 0.29) is 18.5 Å². The van der Waals surface area contributed by atoms with Gasteiger partial charge in [0.05, 0.1) is 25.4 Å². The van der Waals surface area contributed by atoms with Crippen molar-refractivity contribution < 1.29 is 24.5 Å².